The lowest BCUT2D eigenvalue weighted by molar-refractivity contribution is 0.177. The van der Waals surface area contributed by atoms with Crippen molar-refractivity contribution in [3.63, 3.8) is 0 Å². The molecule has 1 aromatic carbocycles. The van der Waals surface area contributed by atoms with Crippen molar-refractivity contribution in [1.29, 1.82) is 0 Å². The lowest BCUT2D eigenvalue weighted by atomic mass is 10.2. The number of urea groups is 1. The van der Waals surface area contributed by atoms with Gasteiger partial charge in [0, 0.05) is 57.1 Å². The van der Waals surface area contributed by atoms with Gasteiger partial charge < -0.3 is 9.64 Å². The zero-order valence-corrected chi connectivity index (χ0v) is 19.4. The largest absolute Gasteiger partial charge is 0.489 e. The van der Waals surface area contributed by atoms with Crippen LogP contribution in [-0.4, -0.2) is 60.1 Å². The number of carbonyl (C=O) groups is 1. The van der Waals surface area contributed by atoms with Crippen LogP contribution >= 0.6 is 0 Å². The molecule has 2 amide bonds. The number of aromatic nitrogens is 1. The zero-order valence-electron chi connectivity index (χ0n) is 19.4. The fourth-order valence-electron chi connectivity index (χ4n) is 3.46. The molecule has 6 heteroatoms. The minimum Gasteiger partial charge on any atom is -0.489 e. The Kier molecular flexibility index (Phi) is 8.66. The molecule has 164 valence electrons. The van der Waals surface area contributed by atoms with Gasteiger partial charge in [-0.05, 0) is 40.2 Å². The average Bonchev–Trinajstić information content (AvgIpc) is 2.69. The van der Waals surface area contributed by atoms with Crippen molar-refractivity contribution in [3.8, 4) is 5.75 Å². The topological polar surface area (TPSA) is 48.9 Å². The predicted octanol–water partition coefficient (Wildman–Crippen LogP) is 4.58. The number of aryl methyl sites for hydroxylation is 1. The highest BCUT2D eigenvalue weighted by molar-refractivity contribution is 5.90. The molecule has 2 rings (SSSR count). The third-order valence-electron chi connectivity index (χ3n) is 4.96. The Hall–Kier alpha value is -2.60. The van der Waals surface area contributed by atoms with Crippen LogP contribution in [0.5, 0.6) is 5.75 Å². The van der Waals surface area contributed by atoms with Crippen molar-refractivity contribution in [2.75, 3.05) is 32.1 Å². The number of ether oxygens (including phenoxy) is 1. The minimum absolute atomic E-state index is 0.0884. The molecule has 0 aliphatic heterocycles. The van der Waals surface area contributed by atoms with Crippen molar-refractivity contribution < 1.29 is 9.53 Å². The van der Waals surface area contributed by atoms with Gasteiger partial charge in [0.25, 0.3) is 0 Å². The highest BCUT2D eigenvalue weighted by atomic mass is 16.5. The Morgan fingerprint density at radius 2 is 1.63 bits per heavy atom. The number of nitrogens with zero attached hydrogens (tertiary/aromatic N) is 4. The monoisotopic (exact) mass is 412 g/mol. The van der Waals surface area contributed by atoms with E-state index in [0.717, 1.165) is 17.8 Å². The highest BCUT2D eigenvalue weighted by Crippen LogP contribution is 2.23. The lowest BCUT2D eigenvalue weighted by Crippen LogP contribution is -2.47. The summed E-state index contributed by atoms with van der Waals surface area (Å²) < 4.78 is 6.00. The molecule has 0 radical (unpaired) electrons. The second-order valence-electron chi connectivity index (χ2n) is 8.33. The summed E-state index contributed by atoms with van der Waals surface area (Å²) in [4.78, 5) is 23.3. The molecule has 0 spiro atoms. The second kappa shape index (κ2) is 11.0. The van der Waals surface area contributed by atoms with E-state index in [2.05, 4.69) is 37.6 Å². The molecular weight excluding hydrogens is 376 g/mol. The van der Waals surface area contributed by atoms with E-state index < -0.39 is 0 Å². The van der Waals surface area contributed by atoms with Gasteiger partial charge >= 0.3 is 6.03 Å². The Morgan fingerprint density at radius 3 is 2.20 bits per heavy atom. The number of hydrogen-bond acceptors (Lipinski definition) is 4. The minimum atomic E-state index is -0.0884. The molecular formula is C24H36N4O2. The van der Waals surface area contributed by atoms with Crippen LogP contribution in [0.4, 0.5) is 10.6 Å². The standard InChI is InChI=1S/C24H36N4O2/c1-18(2)27(19(3)4)13-14-28(24(29)26(6)7)23-16-22(15-20(5)25-23)30-17-21-11-9-8-10-12-21/h8-12,15-16,18-19H,13-14,17H2,1-7H3. The van der Waals surface area contributed by atoms with Crippen LogP contribution in [-0.2, 0) is 6.61 Å². The van der Waals surface area contributed by atoms with Gasteiger partial charge in [-0.3, -0.25) is 9.80 Å². The number of amides is 2. The van der Waals surface area contributed by atoms with Crippen molar-refractivity contribution in [1.82, 2.24) is 14.8 Å². The summed E-state index contributed by atoms with van der Waals surface area (Å²) in [6, 6.07) is 14.5. The molecule has 0 unspecified atom stereocenters. The van der Waals surface area contributed by atoms with Gasteiger partial charge in [0.15, 0.2) is 0 Å². The van der Waals surface area contributed by atoms with Gasteiger partial charge in [0.05, 0.1) is 0 Å². The molecule has 0 bridgehead atoms. The summed E-state index contributed by atoms with van der Waals surface area (Å²) in [6.07, 6.45) is 0. The Balaban J connectivity index is 2.24. The van der Waals surface area contributed by atoms with Crippen molar-refractivity contribution in [2.45, 2.75) is 53.3 Å². The summed E-state index contributed by atoms with van der Waals surface area (Å²) in [7, 11) is 3.53. The third-order valence-corrected chi connectivity index (χ3v) is 4.96. The molecule has 6 nitrogen and oxygen atoms in total. The summed E-state index contributed by atoms with van der Waals surface area (Å²) in [5, 5.41) is 0. The van der Waals surface area contributed by atoms with E-state index in [4.69, 9.17) is 4.74 Å². The molecule has 0 fully saturated rings. The molecule has 0 saturated heterocycles. The molecule has 1 aromatic heterocycles. The van der Waals surface area contributed by atoms with E-state index in [0.29, 0.717) is 36.8 Å². The van der Waals surface area contributed by atoms with Gasteiger partial charge in [-0.25, -0.2) is 9.78 Å². The molecule has 0 aliphatic rings. The van der Waals surface area contributed by atoms with Gasteiger partial charge in [0.2, 0.25) is 0 Å². The summed E-state index contributed by atoms with van der Waals surface area (Å²) in [5.74, 6) is 1.33. The highest BCUT2D eigenvalue weighted by Gasteiger charge is 2.22. The van der Waals surface area contributed by atoms with E-state index in [1.54, 1.807) is 23.9 Å². The normalized spacial score (nSPS) is 11.3. The maximum atomic E-state index is 13.0. The van der Waals surface area contributed by atoms with E-state index in [9.17, 15) is 4.79 Å². The van der Waals surface area contributed by atoms with Crippen molar-refractivity contribution in [2.24, 2.45) is 0 Å². The number of rotatable bonds is 9. The van der Waals surface area contributed by atoms with E-state index in [1.165, 1.54) is 0 Å². The molecule has 0 N–H and O–H groups in total. The Labute approximate surface area is 181 Å². The summed E-state index contributed by atoms with van der Waals surface area (Å²) >= 11 is 0. The maximum absolute atomic E-state index is 13.0. The quantitative estimate of drug-likeness (QED) is 0.605. The second-order valence-corrected chi connectivity index (χ2v) is 8.33. The van der Waals surface area contributed by atoms with Crippen LogP contribution < -0.4 is 9.64 Å². The van der Waals surface area contributed by atoms with Crippen LogP contribution in [0, 0.1) is 6.92 Å². The molecule has 0 atom stereocenters. The SMILES string of the molecule is Cc1cc(OCc2ccccc2)cc(N(CCN(C(C)C)C(C)C)C(=O)N(C)C)n1. The van der Waals surface area contributed by atoms with Gasteiger partial charge in [-0.15, -0.1) is 0 Å². The van der Waals surface area contributed by atoms with E-state index in [-0.39, 0.29) is 6.03 Å². The first-order valence-electron chi connectivity index (χ1n) is 10.6. The molecule has 1 heterocycles. The first-order valence-corrected chi connectivity index (χ1v) is 10.6. The number of pyridine rings is 1. The lowest BCUT2D eigenvalue weighted by Gasteiger charge is -2.33. The Morgan fingerprint density at radius 1 is 1.00 bits per heavy atom. The Bertz CT molecular complexity index is 798. The summed E-state index contributed by atoms with van der Waals surface area (Å²) in [5.41, 5.74) is 1.91. The molecule has 2 aromatic rings. The fraction of sp³-hybridized carbons (Fsp3) is 0.500. The fourth-order valence-corrected chi connectivity index (χ4v) is 3.46. The number of hydrogen-bond donors (Lipinski definition) is 0. The van der Waals surface area contributed by atoms with Crippen LogP contribution in [0.15, 0.2) is 42.5 Å². The smallest absolute Gasteiger partial charge is 0.325 e. The number of anilines is 1. The number of benzene rings is 1. The summed E-state index contributed by atoms with van der Waals surface area (Å²) in [6.45, 7) is 12.4. The first-order chi connectivity index (χ1) is 14.2. The van der Waals surface area contributed by atoms with Gasteiger partial charge in [-0.2, -0.15) is 0 Å². The van der Waals surface area contributed by atoms with Crippen LogP contribution in [0.25, 0.3) is 0 Å². The van der Waals surface area contributed by atoms with Crippen molar-refractivity contribution >= 4 is 11.8 Å². The zero-order chi connectivity index (χ0) is 22.3. The van der Waals surface area contributed by atoms with Gasteiger partial charge in [0.1, 0.15) is 18.2 Å². The van der Waals surface area contributed by atoms with E-state index in [1.807, 2.05) is 49.4 Å². The van der Waals surface area contributed by atoms with Crippen LogP contribution in [0.2, 0.25) is 0 Å². The maximum Gasteiger partial charge on any atom is 0.325 e. The molecule has 0 aliphatic carbocycles. The first kappa shape index (κ1) is 23.7. The van der Waals surface area contributed by atoms with Crippen LogP contribution in [0.3, 0.4) is 0 Å². The number of carbonyl (C=O) groups excluding carboxylic acids is 1. The van der Waals surface area contributed by atoms with Crippen LogP contribution in [0.1, 0.15) is 39.0 Å². The molecule has 30 heavy (non-hydrogen) atoms. The van der Waals surface area contributed by atoms with E-state index >= 15 is 0 Å². The van der Waals surface area contributed by atoms with Gasteiger partial charge in [-0.1, -0.05) is 30.3 Å². The van der Waals surface area contributed by atoms with Crippen molar-refractivity contribution in [3.05, 3.63) is 53.7 Å². The third kappa shape index (κ3) is 6.73. The molecule has 0 saturated carbocycles. The average molecular weight is 413 g/mol. The predicted molar refractivity (Wildman–Crippen MR) is 123 cm³/mol.